The van der Waals surface area contributed by atoms with E-state index < -0.39 is 31.0 Å². The molecular weight excluding hydrogens is 875 g/mol. The molecule has 2 aliphatic heterocycles. The number of alkyl halides is 6. The minimum Gasteiger partial charge on any atom is -0.380 e. The zero-order valence-corrected chi connectivity index (χ0v) is 40.3. The number of rotatable bonds is 11. The number of aldehydes is 2. The highest BCUT2D eigenvalue weighted by molar-refractivity contribution is 6.58. The Hall–Kier alpha value is -4.12. The van der Waals surface area contributed by atoms with Gasteiger partial charge in [0.15, 0.2) is 0 Å². The molecule has 2 fully saturated rings. The third-order valence-corrected chi connectivity index (χ3v) is 16.6. The van der Waals surface area contributed by atoms with Crippen LogP contribution in [0.2, 0.25) is 18.1 Å². The monoisotopic (exact) mass is 947 g/mol. The average Bonchev–Trinajstić information content (AvgIpc) is 3.94. The van der Waals surface area contributed by atoms with Gasteiger partial charge in [0.05, 0.1) is 11.4 Å². The first-order valence-electron chi connectivity index (χ1n) is 24.0. The Morgan fingerprint density at radius 2 is 1.06 bits per heavy atom. The molecule has 0 amide bonds. The van der Waals surface area contributed by atoms with Crippen LogP contribution >= 0.6 is 0 Å². The van der Waals surface area contributed by atoms with Gasteiger partial charge in [-0.1, -0.05) is 138 Å². The predicted molar refractivity (Wildman–Crippen MR) is 251 cm³/mol. The lowest BCUT2D eigenvalue weighted by Gasteiger charge is -2.33. The van der Waals surface area contributed by atoms with Gasteiger partial charge in [-0.05, 0) is 48.6 Å². The number of aliphatic hydroxyl groups excluding tert-OH is 1. The Morgan fingerprint density at radius 3 is 1.50 bits per heavy atom. The van der Waals surface area contributed by atoms with Gasteiger partial charge >= 0.3 is 12.4 Å². The average molecular weight is 947 g/mol. The Morgan fingerprint density at radius 1 is 0.636 bits per heavy atom. The molecule has 2 aromatic heterocycles. The SMILES string of the molecule is CC[SiH](CC)CC.O=CC(F)(F)F.O=CC(F)(F)F.OC(c1ccccc1)c1ncc2n1CCN(CC1CCCCC1)C2.c1ccc(Cc2ncc3n2CCN(CC2CCCCC2)C3)cc1. The Labute approximate surface area is 389 Å². The van der Waals surface area contributed by atoms with E-state index >= 15 is 0 Å². The molecule has 2 aliphatic carbocycles. The molecule has 1 N–H and O–H groups in total. The first-order chi connectivity index (χ1) is 31.7. The van der Waals surface area contributed by atoms with Crippen molar-refractivity contribution in [1.82, 2.24) is 28.9 Å². The molecule has 4 aliphatic rings. The highest BCUT2D eigenvalue weighted by Gasteiger charge is 2.28. The minimum atomic E-state index is -4.64. The maximum Gasteiger partial charge on any atom is 0.446 e. The van der Waals surface area contributed by atoms with Crippen LogP contribution in [0.1, 0.15) is 125 Å². The Bertz CT molecular complexity index is 1920. The molecule has 0 bridgehead atoms. The van der Waals surface area contributed by atoms with Crippen molar-refractivity contribution in [2.75, 3.05) is 26.2 Å². The standard InChI is InChI=1S/C20H27N3O.C20H27N3.C6H16Si.2C2HF3O/c24-19(17-9-5-2-6-10-17)20-21-13-18-15-22(11-12-23(18)20)14-16-7-3-1-4-8-16;1-3-7-17(8-4-1)13-20-21-14-19-16-22(11-12-23(19)20)15-18-9-5-2-6-10-18;1-4-7(5-2)6-3;2*3-2(4,5)1-6/h2,5-6,9-10,13,16,19,24H,1,3-4,7-8,11-12,14-15H2;1,3-4,7-8,14,18H,2,5-6,9-13,15-16H2;7H,4-6H2,1-3H3;2*1H. The van der Waals surface area contributed by atoms with E-state index in [9.17, 15) is 31.4 Å². The predicted octanol–water partition coefficient (Wildman–Crippen LogP) is 11.0. The van der Waals surface area contributed by atoms with E-state index in [1.165, 1.54) is 125 Å². The van der Waals surface area contributed by atoms with Crippen LogP contribution in [-0.4, -0.2) is 93.9 Å². The molecule has 0 spiro atoms. The fourth-order valence-electron chi connectivity index (χ4n) is 9.33. The van der Waals surface area contributed by atoms with E-state index in [0.29, 0.717) is 0 Å². The second-order valence-electron chi connectivity index (χ2n) is 17.9. The number of hydrogen-bond donors (Lipinski definition) is 1. The van der Waals surface area contributed by atoms with Gasteiger partial charge < -0.3 is 14.2 Å². The number of carbonyl (C=O) groups excluding carboxylic acids is 2. The Balaban J connectivity index is 0.000000209. The summed E-state index contributed by atoms with van der Waals surface area (Å²) >= 11 is 0. The van der Waals surface area contributed by atoms with Crippen molar-refractivity contribution in [3.05, 3.63) is 107 Å². The van der Waals surface area contributed by atoms with E-state index in [1.54, 1.807) is 0 Å². The molecule has 0 saturated heterocycles. The van der Waals surface area contributed by atoms with Gasteiger partial charge in [-0.15, -0.1) is 0 Å². The van der Waals surface area contributed by atoms with Crippen molar-refractivity contribution in [2.45, 2.75) is 154 Å². The van der Waals surface area contributed by atoms with E-state index in [-0.39, 0.29) is 8.80 Å². The maximum atomic E-state index is 10.7. The lowest BCUT2D eigenvalue weighted by Crippen LogP contribution is -2.37. The molecule has 8 rings (SSSR count). The fraction of sp³-hybridized carbons (Fsp3) is 0.600. The number of benzene rings is 2. The highest BCUT2D eigenvalue weighted by Crippen LogP contribution is 2.29. The molecule has 66 heavy (non-hydrogen) atoms. The molecule has 1 unspecified atom stereocenters. The lowest BCUT2D eigenvalue weighted by molar-refractivity contribution is -0.156. The van der Waals surface area contributed by atoms with Crippen LogP contribution in [0.5, 0.6) is 0 Å². The first kappa shape index (κ1) is 54.5. The molecule has 9 nitrogen and oxygen atoms in total. The lowest BCUT2D eigenvalue weighted by atomic mass is 9.89. The number of imidazole rings is 2. The Kier molecular flexibility index (Phi) is 23.3. The van der Waals surface area contributed by atoms with Crippen molar-refractivity contribution in [3.8, 4) is 0 Å². The van der Waals surface area contributed by atoms with Crippen LogP contribution in [0.3, 0.4) is 0 Å². The number of hydrogen-bond acceptors (Lipinski definition) is 7. The summed E-state index contributed by atoms with van der Waals surface area (Å²) in [4.78, 5) is 31.9. The summed E-state index contributed by atoms with van der Waals surface area (Å²) in [5.74, 6) is 3.82. The smallest absolute Gasteiger partial charge is 0.380 e. The summed E-state index contributed by atoms with van der Waals surface area (Å²) in [6, 6.07) is 25.0. The molecular formula is C50H72F6N6O3Si. The van der Waals surface area contributed by atoms with Crippen LogP contribution in [0.25, 0.3) is 0 Å². The summed E-state index contributed by atoms with van der Waals surface area (Å²) in [5.41, 5.74) is 4.90. The van der Waals surface area contributed by atoms with Gasteiger partial charge in [-0.2, -0.15) is 26.3 Å². The zero-order valence-electron chi connectivity index (χ0n) is 39.2. The van der Waals surface area contributed by atoms with Gasteiger partial charge in [0.2, 0.25) is 12.6 Å². The van der Waals surface area contributed by atoms with Crippen molar-refractivity contribution in [1.29, 1.82) is 0 Å². The largest absolute Gasteiger partial charge is 0.446 e. The summed E-state index contributed by atoms with van der Waals surface area (Å²) in [5, 5.41) is 10.7. The van der Waals surface area contributed by atoms with Crippen molar-refractivity contribution in [2.24, 2.45) is 11.8 Å². The maximum absolute atomic E-state index is 10.7. The van der Waals surface area contributed by atoms with Gasteiger partial charge in [-0.25, -0.2) is 9.97 Å². The van der Waals surface area contributed by atoms with Gasteiger partial charge in [0.1, 0.15) is 17.8 Å². The third-order valence-electron chi connectivity index (χ3n) is 13.1. The molecule has 1 atom stereocenters. The number of fused-ring (bicyclic) bond motifs is 2. The second-order valence-corrected chi connectivity index (χ2v) is 22.1. The van der Waals surface area contributed by atoms with Crippen molar-refractivity contribution < 1.29 is 41.0 Å². The number of halogens is 6. The van der Waals surface area contributed by atoms with E-state index in [4.69, 9.17) is 14.6 Å². The number of carbonyl (C=O) groups is 2. The summed E-state index contributed by atoms with van der Waals surface area (Å²) in [6.45, 7) is 15.8. The molecule has 366 valence electrons. The first-order valence-corrected chi connectivity index (χ1v) is 26.5. The van der Waals surface area contributed by atoms with E-state index in [0.717, 1.165) is 62.4 Å². The van der Waals surface area contributed by atoms with Crippen LogP contribution in [0, 0.1) is 11.8 Å². The van der Waals surface area contributed by atoms with Gasteiger partial charge in [0, 0.05) is 80.0 Å². The minimum absolute atomic E-state index is 0.171. The third kappa shape index (κ3) is 19.2. The second kappa shape index (κ2) is 28.3. The summed E-state index contributed by atoms with van der Waals surface area (Å²) < 4.78 is 67.2. The molecule has 2 saturated carbocycles. The van der Waals surface area contributed by atoms with Crippen LogP contribution < -0.4 is 0 Å². The number of aromatic nitrogens is 4. The molecule has 16 heteroatoms. The van der Waals surface area contributed by atoms with E-state index in [1.807, 2.05) is 36.5 Å². The molecule has 0 radical (unpaired) electrons. The van der Waals surface area contributed by atoms with Crippen molar-refractivity contribution >= 4 is 21.4 Å². The number of aliphatic hydroxyl groups is 1. The van der Waals surface area contributed by atoms with E-state index in [2.05, 4.69) is 81.2 Å². The quantitative estimate of drug-likeness (QED) is 0.0909. The summed E-state index contributed by atoms with van der Waals surface area (Å²) in [7, 11) is -0.171. The van der Waals surface area contributed by atoms with Gasteiger partial charge in [-0.3, -0.25) is 19.4 Å². The van der Waals surface area contributed by atoms with Crippen LogP contribution in [-0.2, 0) is 42.2 Å². The van der Waals surface area contributed by atoms with Gasteiger partial charge in [0.25, 0.3) is 0 Å². The summed E-state index contributed by atoms with van der Waals surface area (Å²) in [6.07, 6.45) is 7.21. The fourth-order valence-corrected chi connectivity index (χ4v) is 11.1. The van der Waals surface area contributed by atoms with Crippen LogP contribution in [0.4, 0.5) is 26.3 Å². The molecule has 2 aromatic carbocycles. The molecule has 4 heterocycles. The van der Waals surface area contributed by atoms with Crippen molar-refractivity contribution in [3.63, 3.8) is 0 Å². The zero-order chi connectivity index (χ0) is 48.0. The van der Waals surface area contributed by atoms with Crippen LogP contribution in [0.15, 0.2) is 73.1 Å². The normalized spacial score (nSPS) is 17.5. The molecule has 4 aromatic rings. The highest BCUT2D eigenvalue weighted by atomic mass is 28.3. The number of nitrogens with zero attached hydrogens (tertiary/aromatic N) is 6. The topological polar surface area (TPSA) is 96.5 Å².